The number of hydrogen-bond acceptors (Lipinski definition) is 3. The van der Waals surface area contributed by atoms with Crippen LogP contribution in [0.5, 0.6) is 0 Å². The zero-order chi connectivity index (χ0) is 11.4. The zero-order valence-corrected chi connectivity index (χ0v) is 8.96. The molecule has 1 aromatic heterocycles. The lowest BCUT2D eigenvalue weighted by Crippen LogP contribution is -1.93. The molecule has 0 fully saturated rings. The Morgan fingerprint density at radius 3 is 2.12 bits per heavy atom. The van der Waals surface area contributed by atoms with Crippen molar-refractivity contribution in [2.24, 2.45) is 5.16 Å². The fraction of sp³-hybridized carbons (Fsp3) is 0.0769. The monoisotopic (exact) mass is 212 g/mol. The van der Waals surface area contributed by atoms with Gasteiger partial charge >= 0.3 is 0 Å². The number of hydrogen-bond donors (Lipinski definition) is 1. The highest BCUT2D eigenvalue weighted by atomic mass is 16.4. The molecule has 3 nitrogen and oxygen atoms in total. The van der Waals surface area contributed by atoms with Crippen molar-refractivity contribution in [3.8, 4) is 11.1 Å². The second kappa shape index (κ2) is 4.57. The van der Waals surface area contributed by atoms with Crippen molar-refractivity contribution in [2.75, 3.05) is 0 Å². The van der Waals surface area contributed by atoms with Crippen molar-refractivity contribution in [2.45, 2.75) is 6.92 Å². The van der Waals surface area contributed by atoms with Gasteiger partial charge in [0.25, 0.3) is 0 Å². The van der Waals surface area contributed by atoms with Crippen LogP contribution in [0.25, 0.3) is 11.1 Å². The fourth-order valence-electron chi connectivity index (χ4n) is 1.51. The van der Waals surface area contributed by atoms with Gasteiger partial charge in [0.15, 0.2) is 0 Å². The number of rotatable bonds is 2. The maximum absolute atomic E-state index is 8.65. The maximum Gasteiger partial charge on any atom is 0.0836 e. The van der Waals surface area contributed by atoms with Crippen LogP contribution in [-0.4, -0.2) is 15.9 Å². The summed E-state index contributed by atoms with van der Waals surface area (Å²) in [6, 6.07) is 11.8. The van der Waals surface area contributed by atoms with Gasteiger partial charge in [0, 0.05) is 12.4 Å². The number of benzene rings is 1. The van der Waals surface area contributed by atoms with Gasteiger partial charge in [-0.3, -0.25) is 4.98 Å². The Bertz CT molecular complexity index is 489. The van der Waals surface area contributed by atoms with E-state index in [9.17, 15) is 0 Å². The molecule has 1 aromatic carbocycles. The van der Waals surface area contributed by atoms with Crippen molar-refractivity contribution in [1.29, 1.82) is 0 Å². The highest BCUT2D eigenvalue weighted by Crippen LogP contribution is 2.18. The molecular formula is C13H12N2O. The highest BCUT2D eigenvalue weighted by Gasteiger charge is 1.99. The lowest BCUT2D eigenvalue weighted by molar-refractivity contribution is 0.319. The first kappa shape index (κ1) is 10.4. The zero-order valence-electron chi connectivity index (χ0n) is 8.96. The van der Waals surface area contributed by atoms with Crippen LogP contribution in [0.1, 0.15) is 12.5 Å². The standard InChI is InChI=1S/C13H12N2O/c1-10(15-16)11-2-4-12(5-3-11)13-6-8-14-9-7-13/h2-9,16H,1H3. The molecule has 0 saturated carbocycles. The quantitative estimate of drug-likeness (QED) is 0.472. The lowest BCUT2D eigenvalue weighted by atomic mass is 10.0. The van der Waals surface area contributed by atoms with Crippen molar-refractivity contribution < 1.29 is 5.21 Å². The van der Waals surface area contributed by atoms with E-state index in [1.54, 1.807) is 19.3 Å². The summed E-state index contributed by atoms with van der Waals surface area (Å²) in [6.45, 7) is 1.77. The molecule has 0 amide bonds. The Morgan fingerprint density at radius 1 is 1.00 bits per heavy atom. The molecule has 0 bridgehead atoms. The maximum atomic E-state index is 8.65. The molecule has 2 aromatic rings. The number of nitrogens with zero attached hydrogens (tertiary/aromatic N) is 2. The van der Waals surface area contributed by atoms with E-state index in [-0.39, 0.29) is 0 Å². The molecule has 0 atom stereocenters. The third-order valence-electron chi connectivity index (χ3n) is 2.47. The number of aromatic nitrogens is 1. The van der Waals surface area contributed by atoms with Crippen molar-refractivity contribution in [1.82, 2.24) is 4.98 Å². The van der Waals surface area contributed by atoms with Crippen LogP contribution in [0.2, 0.25) is 0 Å². The molecule has 16 heavy (non-hydrogen) atoms. The summed E-state index contributed by atoms with van der Waals surface area (Å²) in [6.07, 6.45) is 3.54. The largest absolute Gasteiger partial charge is 0.411 e. The summed E-state index contributed by atoms with van der Waals surface area (Å²) >= 11 is 0. The minimum absolute atomic E-state index is 0.612. The van der Waals surface area contributed by atoms with Gasteiger partial charge in [-0.15, -0.1) is 0 Å². The molecule has 0 radical (unpaired) electrons. The van der Waals surface area contributed by atoms with Gasteiger partial charge in [-0.25, -0.2) is 0 Å². The van der Waals surface area contributed by atoms with Crippen LogP contribution in [-0.2, 0) is 0 Å². The average molecular weight is 212 g/mol. The van der Waals surface area contributed by atoms with Gasteiger partial charge in [-0.2, -0.15) is 0 Å². The predicted octanol–water partition coefficient (Wildman–Crippen LogP) is 2.95. The summed E-state index contributed by atoms with van der Waals surface area (Å²) in [5, 5.41) is 11.8. The smallest absolute Gasteiger partial charge is 0.0836 e. The molecule has 0 aliphatic rings. The van der Waals surface area contributed by atoms with E-state index in [4.69, 9.17) is 5.21 Å². The molecular weight excluding hydrogens is 200 g/mol. The Kier molecular flexibility index (Phi) is 2.96. The summed E-state index contributed by atoms with van der Waals surface area (Å²) in [7, 11) is 0. The van der Waals surface area contributed by atoms with E-state index >= 15 is 0 Å². The predicted molar refractivity (Wildman–Crippen MR) is 63.7 cm³/mol. The van der Waals surface area contributed by atoms with Crippen LogP contribution < -0.4 is 0 Å². The van der Waals surface area contributed by atoms with Crippen LogP contribution >= 0.6 is 0 Å². The Morgan fingerprint density at radius 2 is 1.56 bits per heavy atom. The molecule has 0 spiro atoms. The van der Waals surface area contributed by atoms with Gasteiger partial charge < -0.3 is 5.21 Å². The first-order chi connectivity index (χ1) is 7.81. The summed E-state index contributed by atoms with van der Waals surface area (Å²) < 4.78 is 0. The second-order valence-electron chi connectivity index (χ2n) is 3.50. The van der Waals surface area contributed by atoms with E-state index in [1.165, 1.54) is 0 Å². The molecule has 3 heteroatoms. The van der Waals surface area contributed by atoms with E-state index in [1.807, 2.05) is 36.4 Å². The SMILES string of the molecule is CC(=NO)c1ccc(-c2ccncc2)cc1. The number of oxime groups is 1. The molecule has 0 unspecified atom stereocenters. The van der Waals surface area contributed by atoms with Crippen molar-refractivity contribution in [3.05, 3.63) is 54.4 Å². The van der Waals surface area contributed by atoms with Crippen molar-refractivity contribution >= 4 is 5.71 Å². The average Bonchev–Trinajstić information content (AvgIpc) is 2.39. The minimum Gasteiger partial charge on any atom is -0.411 e. The normalized spacial score (nSPS) is 11.4. The van der Waals surface area contributed by atoms with Crippen LogP contribution in [0.4, 0.5) is 0 Å². The third kappa shape index (κ3) is 2.08. The highest BCUT2D eigenvalue weighted by molar-refractivity contribution is 5.98. The molecule has 80 valence electrons. The second-order valence-corrected chi connectivity index (χ2v) is 3.50. The molecule has 1 heterocycles. The summed E-state index contributed by atoms with van der Waals surface area (Å²) in [5.74, 6) is 0. The fourth-order valence-corrected chi connectivity index (χ4v) is 1.51. The Labute approximate surface area is 94.1 Å². The van der Waals surface area contributed by atoms with E-state index < -0.39 is 0 Å². The number of pyridine rings is 1. The molecule has 2 rings (SSSR count). The first-order valence-electron chi connectivity index (χ1n) is 5.01. The van der Waals surface area contributed by atoms with Gasteiger partial charge in [0.2, 0.25) is 0 Å². The van der Waals surface area contributed by atoms with E-state index in [0.29, 0.717) is 5.71 Å². The van der Waals surface area contributed by atoms with Gasteiger partial charge in [-0.1, -0.05) is 29.4 Å². The molecule has 0 aliphatic carbocycles. The first-order valence-corrected chi connectivity index (χ1v) is 5.01. The topological polar surface area (TPSA) is 45.5 Å². The minimum atomic E-state index is 0.612. The van der Waals surface area contributed by atoms with Gasteiger partial charge in [0.1, 0.15) is 0 Å². The van der Waals surface area contributed by atoms with Gasteiger partial charge in [0.05, 0.1) is 5.71 Å². The van der Waals surface area contributed by atoms with Crippen LogP contribution in [0.15, 0.2) is 53.9 Å². The van der Waals surface area contributed by atoms with Crippen LogP contribution in [0.3, 0.4) is 0 Å². The molecule has 0 aliphatic heterocycles. The summed E-state index contributed by atoms with van der Waals surface area (Å²) in [4.78, 5) is 3.98. The Balaban J connectivity index is 2.34. The van der Waals surface area contributed by atoms with Crippen LogP contribution in [0, 0.1) is 0 Å². The Hall–Kier alpha value is -2.16. The van der Waals surface area contributed by atoms with Gasteiger partial charge in [-0.05, 0) is 35.7 Å². The lowest BCUT2D eigenvalue weighted by Gasteiger charge is -2.02. The van der Waals surface area contributed by atoms with E-state index in [0.717, 1.165) is 16.7 Å². The molecule has 1 N–H and O–H groups in total. The van der Waals surface area contributed by atoms with E-state index in [2.05, 4.69) is 10.1 Å². The van der Waals surface area contributed by atoms with Crippen molar-refractivity contribution in [3.63, 3.8) is 0 Å². The third-order valence-corrected chi connectivity index (χ3v) is 2.47. The summed E-state index contributed by atoms with van der Waals surface area (Å²) in [5.41, 5.74) is 3.78. The molecule has 0 saturated heterocycles.